The van der Waals surface area contributed by atoms with E-state index < -0.39 is 16.8 Å². The zero-order valence-corrected chi connectivity index (χ0v) is 14.4. The predicted octanol–water partition coefficient (Wildman–Crippen LogP) is 4.10. The van der Waals surface area contributed by atoms with E-state index in [-0.39, 0.29) is 16.6 Å². The van der Waals surface area contributed by atoms with Crippen LogP contribution in [0.3, 0.4) is 0 Å². The molecule has 2 aromatic rings. The third kappa shape index (κ3) is 5.42. The molecule has 0 aliphatic rings. The molecule has 0 radical (unpaired) electrons. The maximum Gasteiger partial charge on any atom is 0.315 e. The number of ether oxygens (including phenoxy) is 1. The van der Waals surface area contributed by atoms with Crippen LogP contribution in [-0.4, -0.2) is 21.8 Å². The number of hydrogen-bond acceptors (Lipinski definition) is 6. The van der Waals surface area contributed by atoms with Gasteiger partial charge in [0.2, 0.25) is 5.12 Å². The quantitative estimate of drug-likeness (QED) is 0.320. The summed E-state index contributed by atoms with van der Waals surface area (Å²) in [5.41, 5.74) is 0.516. The highest BCUT2D eigenvalue weighted by Gasteiger charge is 2.21. The van der Waals surface area contributed by atoms with E-state index >= 15 is 0 Å². The highest BCUT2D eigenvalue weighted by molar-refractivity contribution is 8.14. The standard InChI is InChI=1S/C18H17NO5S/c1-2-13(12-25-18(21)14-6-4-3-5-7-14)17(20)24-16-10-8-15(9-11-16)19(22)23/h3-11,13H,2,12H2,1H3. The molecule has 7 heteroatoms. The fourth-order valence-electron chi connectivity index (χ4n) is 2.02. The molecule has 6 nitrogen and oxygen atoms in total. The molecular weight excluding hydrogens is 342 g/mol. The highest BCUT2D eigenvalue weighted by atomic mass is 32.2. The number of hydrogen-bond donors (Lipinski definition) is 0. The number of nitro groups is 1. The molecule has 130 valence electrons. The van der Waals surface area contributed by atoms with Crippen LogP contribution >= 0.6 is 11.8 Å². The second kappa shape index (κ2) is 8.98. The van der Waals surface area contributed by atoms with Crippen molar-refractivity contribution in [2.75, 3.05) is 5.75 Å². The van der Waals surface area contributed by atoms with Crippen molar-refractivity contribution in [1.82, 2.24) is 0 Å². The van der Waals surface area contributed by atoms with Crippen molar-refractivity contribution in [2.24, 2.45) is 5.92 Å². The molecule has 2 aromatic carbocycles. The Bertz CT molecular complexity index is 746. The largest absolute Gasteiger partial charge is 0.426 e. The lowest BCUT2D eigenvalue weighted by Crippen LogP contribution is -2.22. The van der Waals surface area contributed by atoms with E-state index in [4.69, 9.17) is 4.74 Å². The number of non-ortho nitro benzene ring substituents is 1. The van der Waals surface area contributed by atoms with E-state index in [0.29, 0.717) is 17.7 Å². The SMILES string of the molecule is CCC(CSC(=O)c1ccccc1)C(=O)Oc1ccc([N+](=O)[O-])cc1. The van der Waals surface area contributed by atoms with Gasteiger partial charge >= 0.3 is 5.97 Å². The first kappa shape index (κ1) is 18.7. The minimum absolute atomic E-state index is 0.0733. The number of rotatable bonds is 7. The van der Waals surface area contributed by atoms with Gasteiger partial charge in [-0.3, -0.25) is 19.7 Å². The van der Waals surface area contributed by atoms with Crippen LogP contribution in [0.15, 0.2) is 54.6 Å². The van der Waals surface area contributed by atoms with Crippen molar-refractivity contribution < 1.29 is 19.2 Å². The molecule has 0 saturated heterocycles. The van der Waals surface area contributed by atoms with E-state index in [0.717, 1.165) is 11.8 Å². The summed E-state index contributed by atoms with van der Waals surface area (Å²) in [4.78, 5) is 34.4. The number of esters is 1. The summed E-state index contributed by atoms with van der Waals surface area (Å²) in [6.07, 6.45) is 0.529. The summed E-state index contributed by atoms with van der Waals surface area (Å²) < 4.78 is 5.25. The Hall–Kier alpha value is -2.67. The van der Waals surface area contributed by atoms with Gasteiger partial charge in [-0.05, 0) is 18.6 Å². The monoisotopic (exact) mass is 359 g/mol. The fraction of sp³-hybridized carbons (Fsp3) is 0.222. The number of benzene rings is 2. The van der Waals surface area contributed by atoms with Gasteiger partial charge in [0.1, 0.15) is 5.75 Å². The first-order valence-electron chi connectivity index (χ1n) is 7.69. The Labute approximate surface area is 149 Å². The minimum atomic E-state index is -0.522. The number of carbonyl (C=O) groups is 2. The zero-order chi connectivity index (χ0) is 18.2. The Kier molecular flexibility index (Phi) is 6.71. The van der Waals surface area contributed by atoms with Crippen LogP contribution in [0, 0.1) is 16.0 Å². The molecule has 0 spiro atoms. The van der Waals surface area contributed by atoms with E-state index in [2.05, 4.69) is 0 Å². The molecule has 1 unspecified atom stereocenters. The predicted molar refractivity (Wildman–Crippen MR) is 95.7 cm³/mol. The van der Waals surface area contributed by atoms with Crippen LogP contribution in [0.1, 0.15) is 23.7 Å². The zero-order valence-electron chi connectivity index (χ0n) is 13.6. The van der Waals surface area contributed by atoms with Gasteiger partial charge in [-0.1, -0.05) is 49.0 Å². The molecule has 0 bridgehead atoms. The molecular formula is C18H17NO5S. The van der Waals surface area contributed by atoms with Crippen molar-refractivity contribution in [1.29, 1.82) is 0 Å². The van der Waals surface area contributed by atoms with Gasteiger partial charge in [0.25, 0.3) is 5.69 Å². The summed E-state index contributed by atoms with van der Waals surface area (Å²) in [5.74, 6) is -0.332. The first-order valence-corrected chi connectivity index (χ1v) is 8.68. The molecule has 0 aromatic heterocycles. The van der Waals surface area contributed by atoms with Crippen LogP contribution in [0.2, 0.25) is 0 Å². The lowest BCUT2D eigenvalue weighted by Gasteiger charge is -2.13. The second-order valence-corrected chi connectivity index (χ2v) is 6.23. The smallest absolute Gasteiger partial charge is 0.315 e. The van der Waals surface area contributed by atoms with Crippen molar-refractivity contribution in [2.45, 2.75) is 13.3 Å². The molecule has 0 aliphatic carbocycles. The highest BCUT2D eigenvalue weighted by Crippen LogP contribution is 2.22. The van der Waals surface area contributed by atoms with Gasteiger partial charge in [-0.2, -0.15) is 0 Å². The summed E-state index contributed by atoms with van der Waals surface area (Å²) in [6, 6.07) is 14.2. The van der Waals surface area contributed by atoms with Crippen LogP contribution in [0.4, 0.5) is 5.69 Å². The van der Waals surface area contributed by atoms with E-state index in [1.807, 2.05) is 13.0 Å². The molecule has 0 saturated carbocycles. The van der Waals surface area contributed by atoms with E-state index in [1.54, 1.807) is 24.3 Å². The number of carbonyl (C=O) groups excluding carboxylic acids is 2. The normalized spacial score (nSPS) is 11.6. The van der Waals surface area contributed by atoms with Gasteiger partial charge in [-0.25, -0.2) is 0 Å². The minimum Gasteiger partial charge on any atom is -0.426 e. The third-order valence-electron chi connectivity index (χ3n) is 3.52. The molecule has 25 heavy (non-hydrogen) atoms. The van der Waals surface area contributed by atoms with Crippen molar-refractivity contribution in [3.63, 3.8) is 0 Å². The lowest BCUT2D eigenvalue weighted by atomic mass is 10.1. The molecule has 0 amide bonds. The summed E-state index contributed by atoms with van der Waals surface area (Å²) in [6.45, 7) is 1.84. The van der Waals surface area contributed by atoms with Crippen molar-refractivity contribution in [3.05, 3.63) is 70.3 Å². The average molecular weight is 359 g/mol. The lowest BCUT2D eigenvalue weighted by molar-refractivity contribution is -0.384. The fourth-order valence-corrected chi connectivity index (χ4v) is 3.05. The van der Waals surface area contributed by atoms with Crippen LogP contribution in [0.5, 0.6) is 5.75 Å². The molecule has 0 N–H and O–H groups in total. The Balaban J connectivity index is 1.92. The van der Waals surface area contributed by atoms with Gasteiger partial charge in [0.05, 0.1) is 10.8 Å². The van der Waals surface area contributed by atoms with E-state index in [1.165, 1.54) is 24.3 Å². The van der Waals surface area contributed by atoms with Crippen LogP contribution in [0.25, 0.3) is 0 Å². The summed E-state index contributed by atoms with van der Waals surface area (Å²) in [5, 5.41) is 10.5. The molecule has 0 heterocycles. The molecule has 0 aliphatic heterocycles. The molecule has 1 atom stereocenters. The van der Waals surface area contributed by atoms with E-state index in [9.17, 15) is 19.7 Å². The number of nitro benzene ring substituents is 1. The topological polar surface area (TPSA) is 86.5 Å². The Morgan fingerprint density at radius 3 is 2.32 bits per heavy atom. The number of thioether (sulfide) groups is 1. The summed E-state index contributed by atoms with van der Waals surface area (Å²) in [7, 11) is 0. The third-order valence-corrected chi connectivity index (χ3v) is 4.58. The van der Waals surface area contributed by atoms with Gasteiger partial charge < -0.3 is 4.74 Å². The maximum absolute atomic E-state index is 12.2. The molecule has 0 fully saturated rings. The Morgan fingerprint density at radius 2 is 1.76 bits per heavy atom. The van der Waals surface area contributed by atoms with Crippen LogP contribution < -0.4 is 4.74 Å². The van der Waals surface area contributed by atoms with Gasteiger partial charge in [0, 0.05) is 23.4 Å². The average Bonchev–Trinajstić information content (AvgIpc) is 2.63. The van der Waals surface area contributed by atoms with Gasteiger partial charge in [0.15, 0.2) is 0 Å². The van der Waals surface area contributed by atoms with Crippen molar-refractivity contribution >= 4 is 28.5 Å². The van der Waals surface area contributed by atoms with Crippen LogP contribution in [-0.2, 0) is 4.79 Å². The number of nitrogens with zero attached hydrogens (tertiary/aromatic N) is 1. The summed E-state index contributed by atoms with van der Waals surface area (Å²) >= 11 is 1.08. The Morgan fingerprint density at radius 1 is 1.12 bits per heavy atom. The first-order chi connectivity index (χ1) is 12.0. The van der Waals surface area contributed by atoms with Crippen molar-refractivity contribution in [3.8, 4) is 5.75 Å². The maximum atomic E-state index is 12.2. The molecule has 2 rings (SSSR count). The second-order valence-electron chi connectivity index (χ2n) is 5.24. The van der Waals surface area contributed by atoms with Gasteiger partial charge in [-0.15, -0.1) is 0 Å².